The molecule has 7 heteroatoms. The molecule has 0 saturated carbocycles. The van der Waals surface area contributed by atoms with Gasteiger partial charge in [0.25, 0.3) is 0 Å². The van der Waals surface area contributed by atoms with Gasteiger partial charge in [-0.05, 0) is 94.1 Å². The smallest absolute Gasteiger partial charge is 0.162 e. The molecule has 2 unspecified atom stereocenters. The average Bonchev–Trinajstić information content (AvgIpc) is 3.51. The van der Waals surface area contributed by atoms with Crippen LogP contribution in [-0.4, -0.2) is 68.6 Å². The third-order valence-corrected chi connectivity index (χ3v) is 8.59. The SMILES string of the molecule is CN(C)CC1=C(C2=CCOCC2)C=CC2C(CCC3CCN(Cc4ccc(C#N)s4)CC3)=NOC12. The quantitative estimate of drug-likeness (QED) is 0.524. The van der Waals surface area contributed by atoms with Gasteiger partial charge in [0, 0.05) is 18.0 Å². The summed E-state index contributed by atoms with van der Waals surface area (Å²) < 4.78 is 5.54. The molecule has 0 aromatic carbocycles. The van der Waals surface area contributed by atoms with Crippen molar-refractivity contribution in [3.05, 3.63) is 56.8 Å². The molecule has 3 aliphatic heterocycles. The Labute approximate surface area is 213 Å². The summed E-state index contributed by atoms with van der Waals surface area (Å²) >= 11 is 1.62. The molecule has 0 N–H and O–H groups in total. The maximum Gasteiger partial charge on any atom is 0.162 e. The molecule has 0 spiro atoms. The molecule has 186 valence electrons. The van der Waals surface area contributed by atoms with Crippen molar-refractivity contribution in [2.75, 3.05) is 46.9 Å². The minimum absolute atomic E-state index is 0.0297. The number of nitriles is 1. The van der Waals surface area contributed by atoms with Crippen LogP contribution in [0.1, 0.15) is 41.9 Å². The summed E-state index contributed by atoms with van der Waals surface area (Å²) in [5, 5.41) is 13.7. The molecule has 2 atom stereocenters. The molecule has 1 saturated heterocycles. The number of likely N-dealkylation sites (tertiary alicyclic amines) is 1. The first-order chi connectivity index (χ1) is 17.1. The fraction of sp³-hybridized carbons (Fsp3) is 0.571. The van der Waals surface area contributed by atoms with Gasteiger partial charge in [0.05, 0.1) is 24.8 Å². The number of nitrogens with zero attached hydrogens (tertiary/aromatic N) is 4. The van der Waals surface area contributed by atoms with Crippen molar-refractivity contribution < 1.29 is 9.57 Å². The van der Waals surface area contributed by atoms with Crippen molar-refractivity contribution in [3.8, 4) is 6.07 Å². The predicted octanol–water partition coefficient (Wildman–Crippen LogP) is 4.76. The maximum absolute atomic E-state index is 9.05. The van der Waals surface area contributed by atoms with Crippen LogP contribution >= 0.6 is 11.3 Å². The van der Waals surface area contributed by atoms with Crippen LogP contribution in [-0.2, 0) is 16.1 Å². The Kier molecular flexibility index (Phi) is 7.84. The highest BCUT2D eigenvalue weighted by Gasteiger charge is 2.39. The van der Waals surface area contributed by atoms with Crippen LogP contribution in [0.4, 0.5) is 0 Å². The Balaban J connectivity index is 1.15. The van der Waals surface area contributed by atoms with Crippen LogP contribution < -0.4 is 0 Å². The fourth-order valence-corrected chi connectivity index (χ4v) is 6.57. The zero-order valence-corrected chi connectivity index (χ0v) is 21.7. The van der Waals surface area contributed by atoms with Crippen molar-refractivity contribution in [2.45, 2.75) is 44.8 Å². The van der Waals surface area contributed by atoms with Crippen LogP contribution in [0, 0.1) is 23.2 Å². The lowest BCUT2D eigenvalue weighted by Gasteiger charge is -2.32. The van der Waals surface area contributed by atoms with Crippen molar-refractivity contribution in [1.82, 2.24) is 9.80 Å². The number of fused-ring (bicyclic) bond motifs is 1. The zero-order chi connectivity index (χ0) is 24.2. The number of likely N-dealkylation sites (N-methyl/N-ethyl adjacent to an activating group) is 1. The van der Waals surface area contributed by atoms with Gasteiger partial charge in [0.2, 0.25) is 0 Å². The summed E-state index contributed by atoms with van der Waals surface area (Å²) in [6.45, 7) is 5.63. The first-order valence-corrected chi connectivity index (χ1v) is 13.7. The summed E-state index contributed by atoms with van der Waals surface area (Å²) in [6, 6.07) is 6.29. The number of rotatable bonds is 8. The van der Waals surface area contributed by atoms with Gasteiger partial charge in [0.1, 0.15) is 10.9 Å². The Morgan fingerprint density at radius 1 is 1.26 bits per heavy atom. The van der Waals surface area contributed by atoms with Crippen LogP contribution in [0.2, 0.25) is 0 Å². The van der Waals surface area contributed by atoms with Crippen LogP contribution in [0.15, 0.2) is 52.2 Å². The topological polar surface area (TPSA) is 61.1 Å². The van der Waals surface area contributed by atoms with Crippen molar-refractivity contribution in [1.29, 1.82) is 5.26 Å². The third kappa shape index (κ3) is 5.78. The molecule has 0 amide bonds. The highest BCUT2D eigenvalue weighted by Crippen LogP contribution is 2.38. The lowest BCUT2D eigenvalue weighted by Crippen LogP contribution is -2.34. The number of thiophene rings is 1. The molecule has 1 aromatic heterocycles. The van der Waals surface area contributed by atoms with Crippen molar-refractivity contribution in [2.24, 2.45) is 17.0 Å². The van der Waals surface area contributed by atoms with Gasteiger partial charge in [-0.2, -0.15) is 5.26 Å². The van der Waals surface area contributed by atoms with E-state index in [9.17, 15) is 0 Å². The number of oxime groups is 1. The molecule has 4 heterocycles. The van der Waals surface area contributed by atoms with E-state index in [1.165, 1.54) is 46.6 Å². The van der Waals surface area contributed by atoms with Crippen LogP contribution in [0.5, 0.6) is 0 Å². The zero-order valence-electron chi connectivity index (χ0n) is 20.9. The van der Waals surface area contributed by atoms with Crippen molar-refractivity contribution in [3.63, 3.8) is 0 Å². The number of piperidine rings is 1. The van der Waals surface area contributed by atoms with E-state index in [1.807, 2.05) is 6.07 Å². The molecule has 6 nitrogen and oxygen atoms in total. The van der Waals surface area contributed by atoms with E-state index < -0.39 is 0 Å². The van der Waals surface area contributed by atoms with Gasteiger partial charge in [-0.3, -0.25) is 4.90 Å². The number of hydrogen-bond acceptors (Lipinski definition) is 7. The van der Waals surface area contributed by atoms with Gasteiger partial charge in [0.15, 0.2) is 6.10 Å². The molecule has 0 radical (unpaired) electrons. The van der Waals surface area contributed by atoms with Gasteiger partial charge in [-0.25, -0.2) is 0 Å². The van der Waals surface area contributed by atoms with E-state index in [0.29, 0.717) is 6.61 Å². The van der Waals surface area contributed by atoms with Gasteiger partial charge in [-0.1, -0.05) is 23.4 Å². The Bertz CT molecular complexity index is 1070. The molecule has 35 heavy (non-hydrogen) atoms. The third-order valence-electron chi connectivity index (χ3n) is 7.62. The second kappa shape index (κ2) is 11.2. The average molecular weight is 493 g/mol. The van der Waals surface area contributed by atoms with E-state index in [2.05, 4.69) is 59.4 Å². The van der Waals surface area contributed by atoms with Crippen LogP contribution in [0.25, 0.3) is 0 Å². The van der Waals surface area contributed by atoms with Crippen molar-refractivity contribution >= 4 is 17.0 Å². The second-order valence-electron chi connectivity index (χ2n) is 10.4. The summed E-state index contributed by atoms with van der Waals surface area (Å²) in [7, 11) is 4.25. The lowest BCUT2D eigenvalue weighted by molar-refractivity contribution is 0.0908. The highest BCUT2D eigenvalue weighted by atomic mass is 32.1. The van der Waals surface area contributed by atoms with E-state index in [4.69, 9.17) is 14.8 Å². The van der Waals surface area contributed by atoms with Gasteiger partial charge in [-0.15, -0.1) is 11.3 Å². The lowest BCUT2D eigenvalue weighted by atomic mass is 9.79. The molecule has 1 aliphatic carbocycles. The first-order valence-electron chi connectivity index (χ1n) is 12.9. The standard InChI is InChI=1S/C28H36N4O2S/c1-31(2)19-26-24(21-11-15-33-16-12-21)6-7-25-27(30-34-28(25)26)8-3-20-9-13-32(14-10-20)18-23-5-4-22(17-29)35-23/h4-7,11,20,25,28H,3,8-10,12-16,18-19H2,1-2H3. The Morgan fingerprint density at radius 3 is 2.83 bits per heavy atom. The summed E-state index contributed by atoms with van der Waals surface area (Å²) in [5.41, 5.74) is 5.29. The summed E-state index contributed by atoms with van der Waals surface area (Å²) in [5.74, 6) is 1.01. The van der Waals surface area contributed by atoms with E-state index >= 15 is 0 Å². The normalized spacial score (nSPS) is 25.3. The van der Waals surface area contributed by atoms with E-state index in [0.717, 1.165) is 56.4 Å². The molecule has 1 aromatic rings. The molecule has 5 rings (SSSR count). The fourth-order valence-electron chi connectivity index (χ4n) is 5.72. The van der Waals surface area contributed by atoms with Gasteiger partial charge >= 0.3 is 0 Å². The molecule has 4 aliphatic rings. The Hall–Kier alpha value is -2.24. The Morgan fingerprint density at radius 2 is 2.11 bits per heavy atom. The second-order valence-corrected chi connectivity index (χ2v) is 11.5. The summed E-state index contributed by atoms with van der Waals surface area (Å²) in [6.07, 6.45) is 12.6. The predicted molar refractivity (Wildman–Crippen MR) is 140 cm³/mol. The number of allylic oxidation sites excluding steroid dienone is 2. The molecule has 1 fully saturated rings. The minimum atomic E-state index is 0.0297. The van der Waals surface area contributed by atoms with E-state index in [-0.39, 0.29) is 12.0 Å². The van der Waals surface area contributed by atoms with Crippen LogP contribution in [0.3, 0.4) is 0 Å². The van der Waals surface area contributed by atoms with E-state index in [1.54, 1.807) is 11.3 Å². The maximum atomic E-state index is 9.05. The molecular weight excluding hydrogens is 456 g/mol. The summed E-state index contributed by atoms with van der Waals surface area (Å²) in [4.78, 5) is 13.0. The monoisotopic (exact) mass is 492 g/mol. The number of ether oxygens (including phenoxy) is 1. The van der Waals surface area contributed by atoms with Gasteiger partial charge < -0.3 is 14.5 Å². The molecular formula is C28H36N4O2S. The largest absolute Gasteiger partial charge is 0.387 e. The first kappa shape index (κ1) is 24.5. The highest BCUT2D eigenvalue weighted by molar-refractivity contribution is 7.12. The molecule has 0 bridgehead atoms. The number of hydrogen-bond donors (Lipinski definition) is 0. The minimum Gasteiger partial charge on any atom is -0.387 e.